The first kappa shape index (κ1) is 9.74. The zero-order valence-electron chi connectivity index (χ0n) is 7.72. The molecule has 0 aliphatic heterocycles. The van der Waals surface area contributed by atoms with E-state index in [2.05, 4.69) is 39.8 Å². The molecule has 0 aliphatic carbocycles. The van der Waals surface area contributed by atoms with Gasteiger partial charge in [-0.1, -0.05) is 32.9 Å². The van der Waals surface area contributed by atoms with Crippen LogP contribution in [0, 0.1) is 11.8 Å². The minimum atomic E-state index is 0.847. The fourth-order valence-corrected chi connectivity index (χ4v) is 1.27. The van der Waals surface area contributed by atoms with Gasteiger partial charge in [-0.25, -0.2) is 0 Å². The van der Waals surface area contributed by atoms with Crippen molar-refractivity contribution in [3.8, 4) is 0 Å². The Balaban J connectivity index is 3.33. The van der Waals surface area contributed by atoms with Crippen molar-refractivity contribution in [1.82, 2.24) is 0 Å². The van der Waals surface area contributed by atoms with Crippen molar-refractivity contribution in [1.29, 1.82) is 0 Å². The first-order valence-electron chi connectivity index (χ1n) is 4.28. The van der Waals surface area contributed by atoms with Gasteiger partial charge in [-0.05, 0) is 31.6 Å². The van der Waals surface area contributed by atoms with E-state index in [-0.39, 0.29) is 0 Å². The van der Waals surface area contributed by atoms with Crippen LogP contribution in [-0.4, -0.2) is 0 Å². The maximum Gasteiger partial charge on any atom is -0.0325 e. The standard InChI is InChI=1S/C10H20/c1-5-6-7-10(4)8-9(2)3/h5-6,9-10H,7-8H2,1-4H3/b6-5+. The first-order chi connectivity index (χ1) is 4.66. The third kappa shape index (κ3) is 5.87. The maximum atomic E-state index is 2.32. The molecule has 0 N–H and O–H groups in total. The predicted octanol–water partition coefficient (Wildman–Crippen LogP) is 3.63. The van der Waals surface area contributed by atoms with E-state index in [4.69, 9.17) is 0 Å². The Morgan fingerprint density at radius 3 is 2.20 bits per heavy atom. The van der Waals surface area contributed by atoms with Gasteiger partial charge in [-0.2, -0.15) is 0 Å². The van der Waals surface area contributed by atoms with E-state index < -0.39 is 0 Å². The van der Waals surface area contributed by atoms with Crippen LogP contribution in [0.15, 0.2) is 12.2 Å². The summed E-state index contributed by atoms with van der Waals surface area (Å²) in [4.78, 5) is 0. The van der Waals surface area contributed by atoms with E-state index in [1.807, 2.05) is 0 Å². The third-order valence-corrected chi connectivity index (χ3v) is 1.65. The topological polar surface area (TPSA) is 0 Å². The Hall–Kier alpha value is -0.260. The largest absolute Gasteiger partial charge is 0.0917 e. The van der Waals surface area contributed by atoms with Gasteiger partial charge >= 0.3 is 0 Å². The molecule has 0 amide bonds. The molecule has 0 radical (unpaired) electrons. The molecular formula is C10H20. The molecule has 0 aromatic rings. The van der Waals surface area contributed by atoms with Gasteiger partial charge in [-0.15, -0.1) is 0 Å². The molecule has 0 spiro atoms. The van der Waals surface area contributed by atoms with Gasteiger partial charge in [0.15, 0.2) is 0 Å². The smallest absolute Gasteiger partial charge is 0.0325 e. The monoisotopic (exact) mass is 140 g/mol. The Bertz CT molecular complexity index is 90.2. The van der Waals surface area contributed by atoms with Crippen LogP contribution < -0.4 is 0 Å². The molecule has 0 saturated carbocycles. The van der Waals surface area contributed by atoms with Crippen molar-refractivity contribution < 1.29 is 0 Å². The van der Waals surface area contributed by atoms with Gasteiger partial charge in [-0.3, -0.25) is 0 Å². The summed E-state index contributed by atoms with van der Waals surface area (Å²) in [6.45, 7) is 8.97. The Morgan fingerprint density at radius 1 is 1.20 bits per heavy atom. The second-order valence-corrected chi connectivity index (χ2v) is 3.54. The zero-order valence-corrected chi connectivity index (χ0v) is 7.72. The SMILES string of the molecule is C/C=C/CC(C)CC(C)C. The molecular weight excluding hydrogens is 120 g/mol. The van der Waals surface area contributed by atoms with Crippen LogP contribution in [0.3, 0.4) is 0 Å². The van der Waals surface area contributed by atoms with Crippen molar-refractivity contribution in [3.63, 3.8) is 0 Å². The van der Waals surface area contributed by atoms with E-state index >= 15 is 0 Å². The first-order valence-corrected chi connectivity index (χ1v) is 4.28. The van der Waals surface area contributed by atoms with Gasteiger partial charge in [0.2, 0.25) is 0 Å². The molecule has 0 nitrogen and oxygen atoms in total. The maximum absolute atomic E-state index is 2.32. The molecule has 1 atom stereocenters. The van der Waals surface area contributed by atoms with Crippen molar-refractivity contribution in [2.75, 3.05) is 0 Å². The second-order valence-electron chi connectivity index (χ2n) is 3.54. The van der Waals surface area contributed by atoms with Crippen LogP contribution in [0.4, 0.5) is 0 Å². The van der Waals surface area contributed by atoms with Crippen LogP contribution in [0.5, 0.6) is 0 Å². The molecule has 0 heterocycles. The van der Waals surface area contributed by atoms with Crippen LogP contribution in [0.2, 0.25) is 0 Å². The van der Waals surface area contributed by atoms with Crippen LogP contribution in [-0.2, 0) is 0 Å². The van der Waals surface area contributed by atoms with Gasteiger partial charge in [0.25, 0.3) is 0 Å². The Morgan fingerprint density at radius 2 is 1.80 bits per heavy atom. The Labute approximate surface area is 65.3 Å². The number of allylic oxidation sites excluding steroid dienone is 2. The van der Waals surface area contributed by atoms with Crippen molar-refractivity contribution in [2.24, 2.45) is 11.8 Å². The second kappa shape index (κ2) is 5.52. The highest BCUT2D eigenvalue weighted by atomic mass is 14.1. The van der Waals surface area contributed by atoms with Gasteiger partial charge < -0.3 is 0 Å². The van der Waals surface area contributed by atoms with Crippen molar-refractivity contribution >= 4 is 0 Å². The van der Waals surface area contributed by atoms with E-state index in [9.17, 15) is 0 Å². The lowest BCUT2D eigenvalue weighted by molar-refractivity contribution is 0.442. The average Bonchev–Trinajstić information content (AvgIpc) is 1.82. The molecule has 0 aromatic heterocycles. The molecule has 0 bridgehead atoms. The van der Waals surface area contributed by atoms with E-state index in [0.29, 0.717) is 0 Å². The molecule has 0 rings (SSSR count). The summed E-state index contributed by atoms with van der Waals surface area (Å²) in [5.41, 5.74) is 0. The summed E-state index contributed by atoms with van der Waals surface area (Å²) in [5.74, 6) is 1.71. The van der Waals surface area contributed by atoms with Gasteiger partial charge in [0, 0.05) is 0 Å². The molecule has 0 fully saturated rings. The molecule has 1 unspecified atom stereocenters. The molecule has 0 saturated heterocycles. The minimum absolute atomic E-state index is 0.847. The summed E-state index contributed by atoms with van der Waals surface area (Å²) < 4.78 is 0. The van der Waals surface area contributed by atoms with Gasteiger partial charge in [0.05, 0.1) is 0 Å². The quantitative estimate of drug-likeness (QED) is 0.523. The van der Waals surface area contributed by atoms with E-state index in [1.165, 1.54) is 12.8 Å². The fraction of sp³-hybridized carbons (Fsp3) is 0.800. The highest BCUT2D eigenvalue weighted by molar-refractivity contribution is 4.79. The summed E-state index contributed by atoms with van der Waals surface area (Å²) >= 11 is 0. The summed E-state index contributed by atoms with van der Waals surface area (Å²) in [5, 5.41) is 0. The van der Waals surface area contributed by atoms with Crippen LogP contribution in [0.25, 0.3) is 0 Å². The minimum Gasteiger partial charge on any atom is -0.0917 e. The highest BCUT2D eigenvalue weighted by Gasteiger charge is 2.01. The number of rotatable bonds is 4. The summed E-state index contributed by atoms with van der Waals surface area (Å²) in [6.07, 6.45) is 6.99. The van der Waals surface area contributed by atoms with Crippen LogP contribution >= 0.6 is 0 Å². The number of hydrogen-bond donors (Lipinski definition) is 0. The zero-order chi connectivity index (χ0) is 7.98. The predicted molar refractivity (Wildman–Crippen MR) is 48.1 cm³/mol. The lowest BCUT2D eigenvalue weighted by Crippen LogP contribution is -1.97. The molecule has 0 aromatic carbocycles. The molecule has 0 heteroatoms. The molecule has 0 aliphatic rings. The average molecular weight is 140 g/mol. The number of hydrogen-bond acceptors (Lipinski definition) is 0. The molecule has 60 valence electrons. The summed E-state index contributed by atoms with van der Waals surface area (Å²) in [6, 6.07) is 0. The Kier molecular flexibility index (Phi) is 5.38. The van der Waals surface area contributed by atoms with Gasteiger partial charge in [0.1, 0.15) is 0 Å². The van der Waals surface area contributed by atoms with Crippen molar-refractivity contribution in [2.45, 2.75) is 40.5 Å². The van der Waals surface area contributed by atoms with Crippen LogP contribution in [0.1, 0.15) is 40.5 Å². The highest BCUT2D eigenvalue weighted by Crippen LogP contribution is 2.14. The third-order valence-electron chi connectivity index (χ3n) is 1.65. The lowest BCUT2D eigenvalue weighted by Gasteiger charge is -2.10. The fourth-order valence-electron chi connectivity index (χ4n) is 1.27. The normalized spacial score (nSPS) is 14.9. The van der Waals surface area contributed by atoms with E-state index in [0.717, 1.165) is 11.8 Å². The molecule has 10 heavy (non-hydrogen) atoms. The van der Waals surface area contributed by atoms with Crippen molar-refractivity contribution in [3.05, 3.63) is 12.2 Å². The lowest BCUT2D eigenvalue weighted by atomic mass is 9.96. The summed E-state index contributed by atoms with van der Waals surface area (Å²) in [7, 11) is 0. The van der Waals surface area contributed by atoms with E-state index in [1.54, 1.807) is 0 Å².